The van der Waals surface area contributed by atoms with Crippen LogP contribution in [0, 0.1) is 17.8 Å². The van der Waals surface area contributed by atoms with Crippen LogP contribution in [0.15, 0.2) is 42.5 Å². The van der Waals surface area contributed by atoms with Gasteiger partial charge in [0.05, 0.1) is 13.2 Å². The van der Waals surface area contributed by atoms with E-state index in [1.165, 1.54) is 0 Å². The summed E-state index contributed by atoms with van der Waals surface area (Å²) in [7, 11) is 1.59. The summed E-state index contributed by atoms with van der Waals surface area (Å²) >= 11 is 5.86. The fraction of sp³-hybridized carbons (Fsp3) is 0.348. The summed E-state index contributed by atoms with van der Waals surface area (Å²) in [6, 6.07) is 12.5. The van der Waals surface area contributed by atoms with E-state index in [2.05, 4.69) is 17.2 Å². The number of carbonyl (C=O) groups excluding carboxylic acids is 1. The molecule has 2 rings (SSSR count). The Morgan fingerprint density at radius 3 is 2.55 bits per heavy atom. The zero-order valence-corrected chi connectivity index (χ0v) is 17.8. The Morgan fingerprint density at radius 1 is 1.17 bits per heavy atom. The average Bonchev–Trinajstić information content (AvgIpc) is 2.72. The van der Waals surface area contributed by atoms with Gasteiger partial charge in [-0.05, 0) is 54.3 Å². The lowest BCUT2D eigenvalue weighted by molar-refractivity contribution is -0.123. The van der Waals surface area contributed by atoms with Gasteiger partial charge in [-0.15, -0.1) is 0 Å². The molecule has 0 bridgehead atoms. The lowest BCUT2D eigenvalue weighted by atomic mass is 10.0. The molecule has 154 valence electrons. The third-order valence-corrected chi connectivity index (χ3v) is 4.59. The van der Waals surface area contributed by atoms with E-state index in [0.29, 0.717) is 29.5 Å². The van der Waals surface area contributed by atoms with Crippen LogP contribution in [0.2, 0.25) is 5.02 Å². The molecule has 0 unspecified atom stereocenters. The molecule has 0 heterocycles. The number of hydrogen-bond acceptors (Lipinski definition) is 4. The number of halogens is 1. The van der Waals surface area contributed by atoms with Gasteiger partial charge in [-0.3, -0.25) is 4.79 Å². The second-order valence-electron chi connectivity index (χ2n) is 6.89. The fourth-order valence-corrected chi connectivity index (χ4v) is 2.65. The van der Waals surface area contributed by atoms with Crippen LogP contribution in [0.1, 0.15) is 25.0 Å². The number of nitrogens with two attached hydrogens (primary N) is 1. The quantitative estimate of drug-likeness (QED) is 0.649. The minimum atomic E-state index is -0.491. The van der Waals surface area contributed by atoms with Gasteiger partial charge in [0.15, 0.2) is 11.5 Å². The van der Waals surface area contributed by atoms with Crippen LogP contribution in [0.25, 0.3) is 0 Å². The average molecular weight is 415 g/mol. The predicted octanol–water partition coefficient (Wildman–Crippen LogP) is 3.42. The number of nitrogens with one attached hydrogen (secondary N) is 1. The van der Waals surface area contributed by atoms with Crippen LogP contribution in [0.3, 0.4) is 0 Å². The van der Waals surface area contributed by atoms with Crippen molar-refractivity contribution in [2.45, 2.75) is 26.3 Å². The molecule has 5 nitrogen and oxygen atoms in total. The minimum absolute atomic E-state index is 0.106. The Balaban J connectivity index is 1.88. The fourth-order valence-electron chi connectivity index (χ4n) is 2.52. The third kappa shape index (κ3) is 7.34. The van der Waals surface area contributed by atoms with E-state index in [0.717, 1.165) is 11.1 Å². The molecule has 0 radical (unpaired) electrons. The third-order valence-electron chi connectivity index (χ3n) is 4.34. The molecule has 2 aromatic rings. The van der Waals surface area contributed by atoms with Gasteiger partial charge in [0, 0.05) is 17.1 Å². The van der Waals surface area contributed by atoms with E-state index in [1.54, 1.807) is 19.2 Å². The van der Waals surface area contributed by atoms with Crippen molar-refractivity contribution in [3.8, 4) is 23.3 Å². The maximum atomic E-state index is 11.9. The van der Waals surface area contributed by atoms with Crippen LogP contribution in [-0.4, -0.2) is 32.2 Å². The summed E-state index contributed by atoms with van der Waals surface area (Å²) in [4.78, 5) is 11.9. The molecular weight excluding hydrogens is 388 g/mol. The lowest BCUT2D eigenvalue weighted by Crippen LogP contribution is -2.44. The van der Waals surface area contributed by atoms with Crippen LogP contribution >= 0.6 is 11.6 Å². The van der Waals surface area contributed by atoms with E-state index in [1.807, 2.05) is 44.2 Å². The summed E-state index contributed by atoms with van der Waals surface area (Å²) in [6.45, 7) is 4.60. The first-order chi connectivity index (χ1) is 13.9. The first-order valence-electron chi connectivity index (χ1n) is 9.48. The zero-order chi connectivity index (χ0) is 21.2. The molecule has 0 aromatic heterocycles. The molecule has 0 aliphatic rings. The van der Waals surface area contributed by atoms with E-state index in [4.69, 9.17) is 26.8 Å². The van der Waals surface area contributed by atoms with Gasteiger partial charge < -0.3 is 20.5 Å². The van der Waals surface area contributed by atoms with E-state index in [-0.39, 0.29) is 18.4 Å². The number of methoxy groups -OCH3 is 1. The van der Waals surface area contributed by atoms with Crippen molar-refractivity contribution in [1.82, 2.24) is 5.32 Å². The molecule has 1 amide bonds. The van der Waals surface area contributed by atoms with Crippen LogP contribution in [0.5, 0.6) is 11.5 Å². The largest absolute Gasteiger partial charge is 0.493 e. The first kappa shape index (κ1) is 22.6. The van der Waals surface area contributed by atoms with E-state index < -0.39 is 6.04 Å². The number of rotatable bonds is 8. The summed E-state index contributed by atoms with van der Waals surface area (Å²) in [5.41, 5.74) is 7.74. The van der Waals surface area contributed by atoms with Gasteiger partial charge >= 0.3 is 0 Å². The van der Waals surface area contributed by atoms with Crippen molar-refractivity contribution in [2.75, 3.05) is 20.3 Å². The van der Waals surface area contributed by atoms with Crippen molar-refractivity contribution in [1.29, 1.82) is 0 Å². The molecular formula is C23H27ClN2O3. The number of ether oxygens (including phenoxy) is 2. The van der Waals surface area contributed by atoms with Gasteiger partial charge in [-0.1, -0.05) is 43.4 Å². The van der Waals surface area contributed by atoms with Crippen LogP contribution in [-0.2, 0) is 11.2 Å². The number of amides is 1. The van der Waals surface area contributed by atoms with Crippen molar-refractivity contribution in [3.05, 3.63) is 58.6 Å². The maximum absolute atomic E-state index is 11.9. The second kappa shape index (κ2) is 11.4. The Bertz CT molecular complexity index is 870. The van der Waals surface area contributed by atoms with Crippen molar-refractivity contribution < 1.29 is 14.3 Å². The second-order valence-corrected chi connectivity index (χ2v) is 7.33. The standard InChI is InChI=1S/C23H27ClN2O3/c1-16(2)22(25)23(27)26-13-12-18-8-11-20(21(15-18)28-3)29-14-4-5-17-6-9-19(24)10-7-17/h6-11,15-16,22H,12-14,25H2,1-3H3,(H,26,27)/t22-/m0/s1. The molecule has 0 aliphatic carbocycles. The summed E-state index contributed by atoms with van der Waals surface area (Å²) in [5, 5.41) is 3.54. The van der Waals surface area contributed by atoms with Gasteiger partial charge in [-0.2, -0.15) is 0 Å². The SMILES string of the molecule is COc1cc(CCNC(=O)[C@@H](N)C(C)C)ccc1OCC#Cc1ccc(Cl)cc1. The Labute approximate surface area is 177 Å². The predicted molar refractivity (Wildman–Crippen MR) is 116 cm³/mol. The Kier molecular flexibility index (Phi) is 8.85. The Hall–Kier alpha value is -2.68. The molecule has 1 atom stereocenters. The van der Waals surface area contributed by atoms with Crippen LogP contribution in [0.4, 0.5) is 0 Å². The lowest BCUT2D eigenvalue weighted by Gasteiger charge is -2.15. The van der Waals surface area contributed by atoms with Crippen molar-refractivity contribution in [2.24, 2.45) is 11.7 Å². The molecule has 0 fully saturated rings. The molecule has 6 heteroatoms. The summed E-state index contributed by atoms with van der Waals surface area (Å²) in [6.07, 6.45) is 0.670. The smallest absolute Gasteiger partial charge is 0.237 e. The molecule has 0 saturated heterocycles. The van der Waals surface area contributed by atoms with Gasteiger partial charge in [0.25, 0.3) is 0 Å². The van der Waals surface area contributed by atoms with E-state index in [9.17, 15) is 4.79 Å². The monoisotopic (exact) mass is 414 g/mol. The summed E-state index contributed by atoms with van der Waals surface area (Å²) in [5.74, 6) is 7.21. The normalized spacial score (nSPS) is 11.4. The summed E-state index contributed by atoms with van der Waals surface area (Å²) < 4.78 is 11.1. The highest BCUT2D eigenvalue weighted by molar-refractivity contribution is 6.30. The first-order valence-corrected chi connectivity index (χ1v) is 9.86. The molecule has 29 heavy (non-hydrogen) atoms. The van der Waals surface area contributed by atoms with Gasteiger partial charge in [0.2, 0.25) is 5.91 Å². The molecule has 0 saturated carbocycles. The topological polar surface area (TPSA) is 73.6 Å². The molecule has 0 spiro atoms. The minimum Gasteiger partial charge on any atom is -0.493 e. The highest BCUT2D eigenvalue weighted by atomic mass is 35.5. The maximum Gasteiger partial charge on any atom is 0.237 e. The number of benzene rings is 2. The molecule has 2 aromatic carbocycles. The number of carbonyl (C=O) groups is 1. The van der Waals surface area contributed by atoms with Crippen molar-refractivity contribution >= 4 is 17.5 Å². The number of hydrogen-bond donors (Lipinski definition) is 2. The van der Waals surface area contributed by atoms with Gasteiger partial charge in [0.1, 0.15) is 6.61 Å². The van der Waals surface area contributed by atoms with Crippen molar-refractivity contribution in [3.63, 3.8) is 0 Å². The van der Waals surface area contributed by atoms with Crippen LogP contribution < -0.4 is 20.5 Å². The van der Waals surface area contributed by atoms with E-state index >= 15 is 0 Å². The highest BCUT2D eigenvalue weighted by Gasteiger charge is 2.16. The van der Waals surface area contributed by atoms with Gasteiger partial charge in [-0.25, -0.2) is 0 Å². The highest BCUT2D eigenvalue weighted by Crippen LogP contribution is 2.28. The zero-order valence-electron chi connectivity index (χ0n) is 17.0. The molecule has 0 aliphatic heterocycles. The molecule has 3 N–H and O–H groups in total. The Morgan fingerprint density at radius 2 is 1.90 bits per heavy atom.